The molecule has 0 bridgehead atoms. The predicted octanol–water partition coefficient (Wildman–Crippen LogP) is 2.19. The molecule has 0 saturated carbocycles. The number of ether oxygens (including phenoxy) is 1. The monoisotopic (exact) mass is 270 g/mol. The number of hydrogen-bond donors (Lipinski definition) is 0. The van der Waals surface area contributed by atoms with Crippen molar-refractivity contribution in [1.82, 2.24) is 19.9 Å². The van der Waals surface area contributed by atoms with Crippen LogP contribution in [0.15, 0.2) is 24.4 Å². The lowest BCUT2D eigenvalue weighted by molar-refractivity contribution is 0.294. The Labute approximate surface area is 108 Å². The van der Waals surface area contributed by atoms with Crippen molar-refractivity contribution >= 4 is 23.2 Å². The molecule has 0 spiro atoms. The predicted molar refractivity (Wildman–Crippen MR) is 63.3 cm³/mol. The van der Waals surface area contributed by atoms with Crippen molar-refractivity contribution in [3.63, 3.8) is 0 Å². The molecule has 5 nitrogen and oxygen atoms in total. The van der Waals surface area contributed by atoms with Crippen LogP contribution in [0.1, 0.15) is 5.69 Å². The highest BCUT2D eigenvalue weighted by Crippen LogP contribution is 2.11. The van der Waals surface area contributed by atoms with Crippen molar-refractivity contribution in [2.75, 3.05) is 6.61 Å². The molecule has 0 aromatic carbocycles. The molecule has 2 heterocycles. The van der Waals surface area contributed by atoms with Crippen LogP contribution in [-0.4, -0.2) is 26.5 Å². The Morgan fingerprint density at radius 1 is 1.06 bits per heavy atom. The van der Waals surface area contributed by atoms with Gasteiger partial charge in [-0.25, -0.2) is 0 Å². The van der Waals surface area contributed by atoms with Crippen LogP contribution >= 0.6 is 23.2 Å². The Bertz CT molecular complexity index is 475. The lowest BCUT2D eigenvalue weighted by Gasteiger charge is -2.03. The maximum atomic E-state index is 5.61. The van der Waals surface area contributed by atoms with E-state index in [0.29, 0.717) is 13.0 Å². The molecule has 7 heteroatoms. The summed E-state index contributed by atoms with van der Waals surface area (Å²) in [5.41, 5.74) is 0.929. The molecule has 17 heavy (non-hydrogen) atoms. The van der Waals surface area contributed by atoms with Gasteiger partial charge in [0.2, 0.25) is 10.6 Å². The van der Waals surface area contributed by atoms with E-state index in [4.69, 9.17) is 27.9 Å². The van der Waals surface area contributed by atoms with Crippen LogP contribution in [0.3, 0.4) is 0 Å². The summed E-state index contributed by atoms with van der Waals surface area (Å²) in [6, 6.07) is 5.80. The van der Waals surface area contributed by atoms with Crippen LogP contribution in [0, 0.1) is 0 Å². The molecule has 0 aliphatic rings. The van der Waals surface area contributed by atoms with Gasteiger partial charge in [0.15, 0.2) is 0 Å². The molecule has 0 aliphatic carbocycles. The van der Waals surface area contributed by atoms with E-state index < -0.39 is 0 Å². The van der Waals surface area contributed by atoms with Crippen molar-refractivity contribution in [3.05, 3.63) is 40.7 Å². The molecule has 0 unspecified atom stereocenters. The minimum atomic E-state index is 0.0119. The smallest absolute Gasteiger partial charge is 0.322 e. The number of nitrogens with zero attached hydrogens (tertiary/aromatic N) is 4. The van der Waals surface area contributed by atoms with E-state index >= 15 is 0 Å². The average Bonchev–Trinajstić information content (AvgIpc) is 2.29. The largest absolute Gasteiger partial charge is 0.463 e. The van der Waals surface area contributed by atoms with Gasteiger partial charge < -0.3 is 4.74 Å². The zero-order chi connectivity index (χ0) is 12.1. The third-order valence-corrected chi connectivity index (χ3v) is 2.21. The summed E-state index contributed by atoms with van der Waals surface area (Å²) in [6.07, 6.45) is 2.38. The van der Waals surface area contributed by atoms with Crippen molar-refractivity contribution < 1.29 is 4.74 Å². The third kappa shape index (κ3) is 3.80. The number of hydrogen-bond acceptors (Lipinski definition) is 5. The van der Waals surface area contributed by atoms with Gasteiger partial charge in [0.1, 0.15) is 0 Å². The Hall–Kier alpha value is -1.46. The number of pyridine rings is 1. The Morgan fingerprint density at radius 2 is 1.82 bits per heavy atom. The maximum absolute atomic E-state index is 5.61. The van der Waals surface area contributed by atoms with Crippen LogP contribution in [-0.2, 0) is 6.42 Å². The fraction of sp³-hybridized carbons (Fsp3) is 0.200. The summed E-state index contributed by atoms with van der Waals surface area (Å²) >= 11 is 11.2. The van der Waals surface area contributed by atoms with E-state index in [-0.39, 0.29) is 16.6 Å². The molecule has 0 fully saturated rings. The number of rotatable bonds is 4. The summed E-state index contributed by atoms with van der Waals surface area (Å²) < 4.78 is 5.30. The fourth-order valence-corrected chi connectivity index (χ4v) is 1.51. The molecular formula is C10H8Cl2N4O. The van der Waals surface area contributed by atoms with Gasteiger partial charge in [0.05, 0.1) is 6.61 Å². The van der Waals surface area contributed by atoms with Crippen LogP contribution < -0.4 is 4.74 Å². The van der Waals surface area contributed by atoms with Gasteiger partial charge in [-0.3, -0.25) is 4.98 Å². The highest BCUT2D eigenvalue weighted by atomic mass is 35.5. The summed E-state index contributed by atoms with van der Waals surface area (Å²) in [7, 11) is 0. The van der Waals surface area contributed by atoms with Crippen molar-refractivity contribution in [3.8, 4) is 6.01 Å². The topological polar surface area (TPSA) is 60.8 Å². The van der Waals surface area contributed by atoms with Crippen molar-refractivity contribution in [2.45, 2.75) is 6.42 Å². The summed E-state index contributed by atoms with van der Waals surface area (Å²) in [4.78, 5) is 15.3. The molecule has 0 N–H and O–H groups in total. The van der Waals surface area contributed by atoms with Gasteiger partial charge >= 0.3 is 6.01 Å². The van der Waals surface area contributed by atoms with E-state index in [2.05, 4.69) is 19.9 Å². The van der Waals surface area contributed by atoms with Gasteiger partial charge in [-0.1, -0.05) is 6.07 Å². The zero-order valence-electron chi connectivity index (χ0n) is 8.68. The average molecular weight is 271 g/mol. The lowest BCUT2D eigenvalue weighted by Crippen LogP contribution is -2.06. The molecule has 2 aromatic heterocycles. The summed E-state index contributed by atoms with van der Waals surface area (Å²) in [6.45, 7) is 0.397. The quantitative estimate of drug-likeness (QED) is 0.853. The second-order valence-electron chi connectivity index (χ2n) is 3.08. The van der Waals surface area contributed by atoms with Crippen LogP contribution in [0.4, 0.5) is 0 Å². The van der Waals surface area contributed by atoms with E-state index in [0.717, 1.165) is 5.69 Å². The molecular weight excluding hydrogens is 263 g/mol. The normalized spacial score (nSPS) is 10.2. The molecule has 2 aromatic rings. The van der Waals surface area contributed by atoms with Gasteiger partial charge in [-0.2, -0.15) is 15.0 Å². The first-order valence-corrected chi connectivity index (χ1v) is 5.59. The Morgan fingerprint density at radius 3 is 2.47 bits per heavy atom. The first-order valence-electron chi connectivity index (χ1n) is 4.84. The Kier molecular flexibility index (Phi) is 4.06. The SMILES string of the molecule is Clc1nc(Cl)nc(OCCc2ccccn2)n1. The molecule has 88 valence electrons. The lowest BCUT2D eigenvalue weighted by atomic mass is 10.3. The first kappa shape index (κ1) is 12.0. The fourth-order valence-electron chi connectivity index (χ4n) is 1.17. The number of halogens is 2. The zero-order valence-corrected chi connectivity index (χ0v) is 10.2. The maximum Gasteiger partial charge on any atom is 0.322 e. The minimum Gasteiger partial charge on any atom is -0.463 e. The molecule has 0 saturated heterocycles. The van der Waals surface area contributed by atoms with Crippen molar-refractivity contribution in [2.24, 2.45) is 0 Å². The van der Waals surface area contributed by atoms with Crippen molar-refractivity contribution in [1.29, 1.82) is 0 Å². The second-order valence-corrected chi connectivity index (χ2v) is 3.75. The van der Waals surface area contributed by atoms with Crippen LogP contribution in [0.25, 0.3) is 0 Å². The number of aromatic nitrogens is 4. The van der Waals surface area contributed by atoms with E-state index in [1.807, 2.05) is 18.2 Å². The van der Waals surface area contributed by atoms with E-state index in [1.165, 1.54) is 0 Å². The molecule has 0 atom stereocenters. The Balaban J connectivity index is 1.90. The standard InChI is InChI=1S/C10H8Cl2N4O/c11-8-14-9(12)16-10(15-8)17-6-4-7-3-1-2-5-13-7/h1-3,5H,4,6H2. The third-order valence-electron chi connectivity index (χ3n) is 1.88. The van der Waals surface area contributed by atoms with Crippen LogP contribution in [0.5, 0.6) is 6.01 Å². The molecule has 0 aliphatic heterocycles. The molecule has 0 amide bonds. The van der Waals surface area contributed by atoms with Gasteiger partial charge in [-0.15, -0.1) is 0 Å². The van der Waals surface area contributed by atoms with Gasteiger partial charge in [-0.05, 0) is 35.3 Å². The van der Waals surface area contributed by atoms with Gasteiger partial charge in [0, 0.05) is 18.3 Å². The summed E-state index contributed by atoms with van der Waals surface area (Å²) in [5.74, 6) is 0. The highest BCUT2D eigenvalue weighted by Gasteiger charge is 2.04. The minimum absolute atomic E-state index is 0.0119. The molecule has 0 radical (unpaired) electrons. The summed E-state index contributed by atoms with van der Waals surface area (Å²) in [5, 5.41) is 0.0238. The molecule has 2 rings (SSSR count). The van der Waals surface area contributed by atoms with E-state index in [1.54, 1.807) is 6.20 Å². The highest BCUT2D eigenvalue weighted by molar-refractivity contribution is 6.31. The first-order chi connectivity index (χ1) is 8.24. The van der Waals surface area contributed by atoms with E-state index in [9.17, 15) is 0 Å². The second kappa shape index (κ2) is 5.75. The van der Waals surface area contributed by atoms with Gasteiger partial charge in [0.25, 0.3) is 0 Å². The van der Waals surface area contributed by atoms with Crippen LogP contribution in [0.2, 0.25) is 10.6 Å².